The Bertz CT molecular complexity index is 1130. The second-order valence-electron chi connectivity index (χ2n) is 16.3. The van der Waals surface area contributed by atoms with Gasteiger partial charge < -0.3 is 14.2 Å². The van der Waals surface area contributed by atoms with E-state index in [2.05, 4.69) is 106 Å². The molecule has 60 heavy (non-hydrogen) atoms. The van der Waals surface area contributed by atoms with Crippen LogP contribution in [0.25, 0.3) is 0 Å². The molecular formula is C55H94O5. The lowest BCUT2D eigenvalue weighted by molar-refractivity contribution is -0.163. The highest BCUT2D eigenvalue weighted by atomic mass is 16.6. The first-order chi connectivity index (χ1) is 29.6. The van der Waals surface area contributed by atoms with Crippen molar-refractivity contribution in [3.63, 3.8) is 0 Å². The van der Waals surface area contributed by atoms with Crippen LogP contribution < -0.4 is 0 Å². The zero-order valence-corrected chi connectivity index (χ0v) is 39.5. The van der Waals surface area contributed by atoms with Crippen LogP contribution in [0, 0.1) is 0 Å². The van der Waals surface area contributed by atoms with E-state index in [4.69, 9.17) is 14.2 Å². The van der Waals surface area contributed by atoms with Gasteiger partial charge in [0.2, 0.25) is 0 Å². The molecule has 1 unspecified atom stereocenters. The van der Waals surface area contributed by atoms with E-state index >= 15 is 0 Å². The number of unbranched alkanes of at least 4 members (excludes halogenated alkanes) is 20. The number of carbonyl (C=O) groups excluding carboxylic acids is 2. The molecule has 0 aromatic heterocycles. The molecule has 0 aliphatic rings. The third-order valence-corrected chi connectivity index (χ3v) is 10.4. The standard InChI is InChI=1S/C55H94O5/c1-4-7-10-13-16-19-21-23-25-26-27-28-29-31-33-35-38-41-44-47-50-58-51-53(60-55(57)49-46-43-40-36-18-15-12-9-6-3)52-59-54(56)48-45-42-39-37-34-32-30-24-22-20-17-14-11-8-5-2/h8,11,16-17,19-20,23-25,27-28,30,34,37,53H,4-7,9-10,12-15,18,21-22,26,29,31-33,35-36,38-52H2,1-3H3/b11-8-,19-16-,20-17-,25-23-,28-27-,30-24-,37-34-. The summed E-state index contributed by atoms with van der Waals surface area (Å²) in [5.74, 6) is -0.454. The molecule has 0 radical (unpaired) electrons. The number of carbonyl (C=O) groups is 2. The SMILES string of the molecule is CC/C=C\C/C=C\C/C=C\C/C=C\CCCCC(=O)OCC(COCCCCCCCCC/C=C\C/C=C\C/C=C\CCCCC)OC(=O)CCCCCCCCCCC. The molecule has 1 atom stereocenters. The Balaban J connectivity index is 4.27. The summed E-state index contributed by atoms with van der Waals surface area (Å²) in [5, 5.41) is 0. The van der Waals surface area contributed by atoms with Crippen LogP contribution in [-0.2, 0) is 23.8 Å². The fraction of sp³-hybridized carbons (Fsp3) is 0.709. The maximum absolute atomic E-state index is 12.7. The van der Waals surface area contributed by atoms with Crippen molar-refractivity contribution in [1.29, 1.82) is 0 Å². The first-order valence-corrected chi connectivity index (χ1v) is 25.1. The van der Waals surface area contributed by atoms with E-state index in [1.807, 2.05) is 0 Å². The maximum Gasteiger partial charge on any atom is 0.306 e. The molecule has 0 aromatic rings. The van der Waals surface area contributed by atoms with Gasteiger partial charge in [0.25, 0.3) is 0 Å². The van der Waals surface area contributed by atoms with Crippen LogP contribution >= 0.6 is 0 Å². The molecule has 0 saturated carbocycles. The molecule has 0 amide bonds. The average molecular weight is 835 g/mol. The zero-order valence-electron chi connectivity index (χ0n) is 39.5. The average Bonchev–Trinajstić information content (AvgIpc) is 3.25. The Morgan fingerprint density at radius 2 is 0.750 bits per heavy atom. The van der Waals surface area contributed by atoms with Crippen molar-refractivity contribution in [2.45, 2.75) is 232 Å². The van der Waals surface area contributed by atoms with Crippen LogP contribution in [0.15, 0.2) is 85.1 Å². The Morgan fingerprint density at radius 3 is 1.27 bits per heavy atom. The van der Waals surface area contributed by atoms with Crippen LogP contribution in [-0.4, -0.2) is 37.9 Å². The highest BCUT2D eigenvalue weighted by molar-refractivity contribution is 5.70. The molecule has 0 N–H and O–H groups in total. The predicted octanol–water partition coefficient (Wildman–Crippen LogP) is 16.9. The van der Waals surface area contributed by atoms with Crippen LogP contribution in [0.1, 0.15) is 226 Å². The van der Waals surface area contributed by atoms with Gasteiger partial charge in [-0.2, -0.15) is 0 Å². The van der Waals surface area contributed by atoms with Crippen molar-refractivity contribution in [3.05, 3.63) is 85.1 Å². The third kappa shape index (κ3) is 47.8. The number of ether oxygens (including phenoxy) is 3. The molecule has 0 saturated heterocycles. The third-order valence-electron chi connectivity index (χ3n) is 10.4. The number of hydrogen-bond donors (Lipinski definition) is 0. The largest absolute Gasteiger partial charge is 0.462 e. The quantitative estimate of drug-likeness (QED) is 0.0347. The monoisotopic (exact) mass is 835 g/mol. The van der Waals surface area contributed by atoms with E-state index in [0.717, 1.165) is 83.5 Å². The van der Waals surface area contributed by atoms with Gasteiger partial charge in [-0.1, -0.05) is 202 Å². The van der Waals surface area contributed by atoms with E-state index in [9.17, 15) is 9.59 Å². The van der Waals surface area contributed by atoms with Crippen LogP contribution in [0.5, 0.6) is 0 Å². The molecule has 0 fully saturated rings. The smallest absolute Gasteiger partial charge is 0.306 e. The summed E-state index contributed by atoms with van der Waals surface area (Å²) in [6, 6.07) is 0. The molecule has 5 heteroatoms. The zero-order chi connectivity index (χ0) is 43.5. The van der Waals surface area contributed by atoms with Crippen molar-refractivity contribution in [1.82, 2.24) is 0 Å². The summed E-state index contributed by atoms with van der Waals surface area (Å²) in [6.45, 7) is 7.60. The summed E-state index contributed by atoms with van der Waals surface area (Å²) >= 11 is 0. The van der Waals surface area contributed by atoms with Crippen LogP contribution in [0.3, 0.4) is 0 Å². The number of allylic oxidation sites excluding steroid dienone is 14. The van der Waals surface area contributed by atoms with Gasteiger partial charge in [-0.25, -0.2) is 0 Å². The Kier molecular flexibility index (Phi) is 48.0. The van der Waals surface area contributed by atoms with E-state index < -0.39 is 6.10 Å². The van der Waals surface area contributed by atoms with Gasteiger partial charge in [-0.3, -0.25) is 9.59 Å². The number of hydrogen-bond acceptors (Lipinski definition) is 5. The van der Waals surface area contributed by atoms with Gasteiger partial charge in [-0.15, -0.1) is 0 Å². The lowest BCUT2D eigenvalue weighted by Crippen LogP contribution is -2.30. The fourth-order valence-electron chi connectivity index (χ4n) is 6.68. The van der Waals surface area contributed by atoms with E-state index in [1.54, 1.807) is 0 Å². The van der Waals surface area contributed by atoms with Crippen molar-refractivity contribution in [3.8, 4) is 0 Å². The Morgan fingerprint density at radius 1 is 0.383 bits per heavy atom. The van der Waals surface area contributed by atoms with E-state index in [1.165, 1.54) is 109 Å². The van der Waals surface area contributed by atoms with Crippen LogP contribution in [0.2, 0.25) is 0 Å². The van der Waals surface area contributed by atoms with Gasteiger partial charge in [0.05, 0.1) is 6.61 Å². The first kappa shape index (κ1) is 57.1. The minimum absolute atomic E-state index is 0.0575. The van der Waals surface area contributed by atoms with Crippen LogP contribution in [0.4, 0.5) is 0 Å². The Labute approximate surface area is 371 Å². The topological polar surface area (TPSA) is 61.8 Å². The second-order valence-corrected chi connectivity index (χ2v) is 16.3. The van der Waals surface area contributed by atoms with Gasteiger partial charge in [0.15, 0.2) is 6.10 Å². The first-order valence-electron chi connectivity index (χ1n) is 25.1. The highest BCUT2D eigenvalue weighted by Gasteiger charge is 2.17. The fourth-order valence-corrected chi connectivity index (χ4v) is 6.68. The lowest BCUT2D eigenvalue weighted by Gasteiger charge is -2.18. The van der Waals surface area contributed by atoms with Gasteiger partial charge in [-0.05, 0) is 96.3 Å². The molecular weight excluding hydrogens is 741 g/mol. The molecule has 5 nitrogen and oxygen atoms in total. The lowest BCUT2D eigenvalue weighted by atomic mass is 10.1. The maximum atomic E-state index is 12.7. The molecule has 0 rings (SSSR count). The summed E-state index contributed by atoms with van der Waals surface area (Å²) < 4.78 is 17.3. The predicted molar refractivity (Wildman–Crippen MR) is 260 cm³/mol. The molecule has 0 aromatic carbocycles. The number of esters is 2. The minimum Gasteiger partial charge on any atom is -0.462 e. The summed E-state index contributed by atoms with van der Waals surface area (Å²) in [5.41, 5.74) is 0. The van der Waals surface area contributed by atoms with Gasteiger partial charge in [0, 0.05) is 19.4 Å². The van der Waals surface area contributed by atoms with Crippen molar-refractivity contribution < 1.29 is 23.8 Å². The van der Waals surface area contributed by atoms with E-state index in [0.29, 0.717) is 19.4 Å². The number of rotatable bonds is 45. The minimum atomic E-state index is -0.559. The normalized spacial score (nSPS) is 12.9. The molecule has 344 valence electrons. The second kappa shape index (κ2) is 50.4. The summed E-state index contributed by atoms with van der Waals surface area (Å²) in [4.78, 5) is 25.3. The molecule has 0 spiro atoms. The molecule has 0 aliphatic carbocycles. The van der Waals surface area contributed by atoms with Gasteiger partial charge in [0.1, 0.15) is 6.61 Å². The van der Waals surface area contributed by atoms with E-state index in [-0.39, 0.29) is 25.2 Å². The summed E-state index contributed by atoms with van der Waals surface area (Å²) in [6.07, 6.45) is 65.9. The van der Waals surface area contributed by atoms with Crippen molar-refractivity contribution >= 4 is 11.9 Å². The molecule has 0 aliphatic heterocycles. The molecule has 0 bridgehead atoms. The highest BCUT2D eigenvalue weighted by Crippen LogP contribution is 2.13. The summed E-state index contributed by atoms with van der Waals surface area (Å²) in [7, 11) is 0. The van der Waals surface area contributed by atoms with Gasteiger partial charge >= 0.3 is 11.9 Å². The Hall–Kier alpha value is -2.92. The van der Waals surface area contributed by atoms with Crippen molar-refractivity contribution in [2.24, 2.45) is 0 Å². The van der Waals surface area contributed by atoms with Crippen molar-refractivity contribution in [2.75, 3.05) is 19.8 Å². The molecule has 0 heterocycles.